The SMILES string of the molecule is C=C(OC1CCC(c2c(C)cccc2C)CC1)C(F)(F)F. The van der Waals surface area contributed by atoms with Crippen LogP contribution in [0, 0.1) is 13.8 Å². The van der Waals surface area contributed by atoms with Gasteiger partial charge in [-0.2, -0.15) is 13.2 Å². The molecule has 0 aliphatic heterocycles. The van der Waals surface area contributed by atoms with Gasteiger partial charge in [0.25, 0.3) is 0 Å². The highest BCUT2D eigenvalue weighted by Crippen LogP contribution is 2.38. The molecule has 1 aliphatic rings. The molecule has 1 nitrogen and oxygen atoms in total. The standard InChI is InChI=1S/C17H21F3O/c1-11-5-4-6-12(2)16(11)14-7-9-15(10-8-14)21-13(3)17(18,19)20/h4-6,14-15H,3,7-10H2,1-2H3. The fourth-order valence-corrected chi connectivity index (χ4v) is 3.21. The molecule has 0 heterocycles. The minimum atomic E-state index is -4.45. The first kappa shape index (κ1) is 15.9. The van der Waals surface area contributed by atoms with E-state index >= 15 is 0 Å². The van der Waals surface area contributed by atoms with E-state index in [1.54, 1.807) is 0 Å². The summed E-state index contributed by atoms with van der Waals surface area (Å²) in [6, 6.07) is 6.23. The maximum Gasteiger partial charge on any atom is 0.448 e. The van der Waals surface area contributed by atoms with Gasteiger partial charge in [0.15, 0.2) is 5.76 Å². The van der Waals surface area contributed by atoms with E-state index in [1.807, 2.05) is 6.07 Å². The highest BCUT2D eigenvalue weighted by Gasteiger charge is 2.36. The van der Waals surface area contributed by atoms with E-state index in [9.17, 15) is 13.2 Å². The lowest BCUT2D eigenvalue weighted by molar-refractivity contribution is -0.141. The van der Waals surface area contributed by atoms with Crippen molar-refractivity contribution in [3.63, 3.8) is 0 Å². The number of benzene rings is 1. The zero-order valence-corrected chi connectivity index (χ0v) is 12.5. The number of alkyl halides is 3. The lowest BCUT2D eigenvalue weighted by Crippen LogP contribution is -2.25. The Morgan fingerprint density at radius 3 is 2.10 bits per heavy atom. The molecule has 1 fully saturated rings. The predicted octanol–water partition coefficient (Wildman–Crippen LogP) is 5.42. The minimum Gasteiger partial charge on any atom is -0.486 e. The van der Waals surface area contributed by atoms with Gasteiger partial charge in [0.05, 0.1) is 6.10 Å². The summed E-state index contributed by atoms with van der Waals surface area (Å²) in [6.45, 7) is 7.17. The van der Waals surface area contributed by atoms with Gasteiger partial charge >= 0.3 is 6.18 Å². The molecule has 1 aromatic carbocycles. The molecule has 0 amide bonds. The number of allylic oxidation sites excluding steroid dienone is 1. The summed E-state index contributed by atoms with van der Waals surface area (Å²) in [6.07, 6.45) is -1.80. The molecule has 1 saturated carbocycles. The summed E-state index contributed by atoms with van der Waals surface area (Å²) in [5, 5.41) is 0. The summed E-state index contributed by atoms with van der Waals surface area (Å²) < 4.78 is 42.3. The van der Waals surface area contributed by atoms with Gasteiger partial charge in [0.1, 0.15) is 0 Å². The topological polar surface area (TPSA) is 9.23 Å². The van der Waals surface area contributed by atoms with Crippen molar-refractivity contribution in [1.82, 2.24) is 0 Å². The molecule has 1 aromatic rings. The third kappa shape index (κ3) is 3.80. The highest BCUT2D eigenvalue weighted by atomic mass is 19.4. The first-order valence-electron chi connectivity index (χ1n) is 7.28. The maximum absolute atomic E-state index is 12.4. The van der Waals surface area contributed by atoms with E-state index in [2.05, 4.69) is 32.6 Å². The quantitative estimate of drug-likeness (QED) is 0.677. The van der Waals surface area contributed by atoms with Crippen molar-refractivity contribution in [1.29, 1.82) is 0 Å². The number of ether oxygens (including phenoxy) is 1. The molecule has 0 aromatic heterocycles. The van der Waals surface area contributed by atoms with Crippen molar-refractivity contribution in [3.8, 4) is 0 Å². The molecule has 0 unspecified atom stereocenters. The zero-order chi connectivity index (χ0) is 15.6. The van der Waals surface area contributed by atoms with Crippen molar-refractivity contribution in [2.75, 3.05) is 0 Å². The smallest absolute Gasteiger partial charge is 0.448 e. The van der Waals surface area contributed by atoms with Gasteiger partial charge in [-0.1, -0.05) is 24.8 Å². The van der Waals surface area contributed by atoms with E-state index in [4.69, 9.17) is 4.74 Å². The lowest BCUT2D eigenvalue weighted by Gasteiger charge is -2.31. The van der Waals surface area contributed by atoms with Gasteiger partial charge in [-0.05, 0) is 62.1 Å². The van der Waals surface area contributed by atoms with Gasteiger partial charge < -0.3 is 4.74 Å². The van der Waals surface area contributed by atoms with Gasteiger partial charge in [-0.15, -0.1) is 0 Å². The Bertz CT molecular complexity index is 491. The number of halogens is 3. The van der Waals surface area contributed by atoms with Crippen molar-refractivity contribution < 1.29 is 17.9 Å². The second-order valence-corrected chi connectivity index (χ2v) is 5.82. The number of rotatable bonds is 3. The third-order valence-corrected chi connectivity index (χ3v) is 4.25. The van der Waals surface area contributed by atoms with Crippen LogP contribution in [0.3, 0.4) is 0 Å². The molecule has 21 heavy (non-hydrogen) atoms. The number of aryl methyl sites for hydroxylation is 2. The molecule has 4 heteroatoms. The Balaban J connectivity index is 1.96. The fraction of sp³-hybridized carbons (Fsp3) is 0.529. The van der Waals surface area contributed by atoms with Crippen LogP contribution < -0.4 is 0 Å². The van der Waals surface area contributed by atoms with Crippen LogP contribution in [-0.4, -0.2) is 12.3 Å². The van der Waals surface area contributed by atoms with E-state index in [0.29, 0.717) is 18.8 Å². The molecule has 0 N–H and O–H groups in total. The van der Waals surface area contributed by atoms with E-state index in [1.165, 1.54) is 16.7 Å². The Hall–Kier alpha value is -1.45. The van der Waals surface area contributed by atoms with Crippen molar-refractivity contribution in [2.24, 2.45) is 0 Å². The van der Waals surface area contributed by atoms with E-state index in [-0.39, 0.29) is 6.10 Å². The largest absolute Gasteiger partial charge is 0.486 e. The van der Waals surface area contributed by atoms with Gasteiger partial charge in [0.2, 0.25) is 0 Å². The first-order valence-corrected chi connectivity index (χ1v) is 7.28. The maximum atomic E-state index is 12.4. The average molecular weight is 298 g/mol. The lowest BCUT2D eigenvalue weighted by atomic mass is 9.79. The van der Waals surface area contributed by atoms with Gasteiger partial charge in [-0.3, -0.25) is 0 Å². The molecule has 0 bridgehead atoms. The van der Waals surface area contributed by atoms with E-state index < -0.39 is 11.9 Å². The zero-order valence-electron chi connectivity index (χ0n) is 12.5. The van der Waals surface area contributed by atoms with Crippen LogP contribution in [0.1, 0.15) is 48.3 Å². The fourth-order valence-electron chi connectivity index (χ4n) is 3.21. The average Bonchev–Trinajstić information content (AvgIpc) is 2.39. The number of hydrogen-bond donors (Lipinski definition) is 0. The van der Waals surface area contributed by atoms with Crippen molar-refractivity contribution in [2.45, 2.75) is 57.7 Å². The minimum absolute atomic E-state index is 0.361. The molecular formula is C17H21F3O. The van der Waals surface area contributed by atoms with Crippen LogP contribution in [-0.2, 0) is 4.74 Å². The monoisotopic (exact) mass is 298 g/mol. The number of hydrogen-bond acceptors (Lipinski definition) is 1. The summed E-state index contributed by atoms with van der Waals surface area (Å²) in [4.78, 5) is 0. The van der Waals surface area contributed by atoms with Crippen LogP contribution in [0.15, 0.2) is 30.5 Å². The second-order valence-electron chi connectivity index (χ2n) is 5.82. The highest BCUT2D eigenvalue weighted by molar-refractivity contribution is 5.36. The summed E-state index contributed by atoms with van der Waals surface area (Å²) >= 11 is 0. The van der Waals surface area contributed by atoms with Crippen LogP contribution in [0.4, 0.5) is 13.2 Å². The van der Waals surface area contributed by atoms with Crippen LogP contribution in [0.25, 0.3) is 0 Å². The summed E-state index contributed by atoms with van der Waals surface area (Å²) in [5.41, 5.74) is 3.88. The molecular weight excluding hydrogens is 277 g/mol. The Kier molecular flexibility index (Phi) is 4.64. The van der Waals surface area contributed by atoms with Crippen LogP contribution in [0.2, 0.25) is 0 Å². The summed E-state index contributed by atoms with van der Waals surface area (Å²) in [7, 11) is 0. The predicted molar refractivity (Wildman–Crippen MR) is 77.2 cm³/mol. The molecule has 0 atom stereocenters. The van der Waals surface area contributed by atoms with Gasteiger partial charge in [0, 0.05) is 0 Å². The van der Waals surface area contributed by atoms with E-state index in [0.717, 1.165) is 12.8 Å². The first-order chi connectivity index (χ1) is 9.79. The van der Waals surface area contributed by atoms with Crippen LogP contribution >= 0.6 is 0 Å². The molecule has 116 valence electrons. The Morgan fingerprint density at radius 2 is 1.62 bits per heavy atom. The molecule has 2 rings (SSSR count). The van der Waals surface area contributed by atoms with Crippen molar-refractivity contribution in [3.05, 3.63) is 47.2 Å². The molecule has 1 aliphatic carbocycles. The van der Waals surface area contributed by atoms with Crippen molar-refractivity contribution >= 4 is 0 Å². The third-order valence-electron chi connectivity index (χ3n) is 4.25. The molecule has 0 spiro atoms. The second kappa shape index (κ2) is 6.12. The Morgan fingerprint density at radius 1 is 1.10 bits per heavy atom. The van der Waals surface area contributed by atoms with Crippen LogP contribution in [0.5, 0.6) is 0 Å². The molecule has 0 saturated heterocycles. The Labute approximate surface area is 123 Å². The summed E-state index contributed by atoms with van der Waals surface area (Å²) in [5.74, 6) is -0.650. The van der Waals surface area contributed by atoms with Gasteiger partial charge in [-0.25, -0.2) is 0 Å². The normalized spacial score (nSPS) is 22.9. The molecule has 0 radical (unpaired) electrons.